The van der Waals surface area contributed by atoms with Crippen LogP contribution in [0.4, 0.5) is 5.69 Å². The highest BCUT2D eigenvalue weighted by Crippen LogP contribution is 2.22. The van der Waals surface area contributed by atoms with Crippen molar-refractivity contribution in [3.63, 3.8) is 0 Å². The number of ether oxygens (including phenoxy) is 3. The molecule has 0 radical (unpaired) electrons. The summed E-state index contributed by atoms with van der Waals surface area (Å²) in [6.07, 6.45) is 0. The molecule has 1 saturated heterocycles. The Labute approximate surface area is 143 Å². The predicted molar refractivity (Wildman–Crippen MR) is 95.2 cm³/mol. The van der Waals surface area contributed by atoms with E-state index >= 15 is 0 Å². The van der Waals surface area contributed by atoms with E-state index in [1.165, 1.54) is 0 Å². The molecule has 0 saturated carbocycles. The second kappa shape index (κ2) is 7.69. The topological polar surface area (TPSA) is 39.7 Å². The summed E-state index contributed by atoms with van der Waals surface area (Å²) in [6, 6.07) is 18.2. The van der Waals surface area contributed by atoms with E-state index in [-0.39, 0.29) is 0 Å². The van der Waals surface area contributed by atoms with Crippen LogP contribution in [0.1, 0.15) is 19.4 Å². The van der Waals surface area contributed by atoms with Gasteiger partial charge in [0.2, 0.25) is 0 Å². The van der Waals surface area contributed by atoms with Crippen LogP contribution >= 0.6 is 0 Å². The molecule has 1 N–H and O–H groups in total. The molecule has 1 fully saturated rings. The molecule has 24 heavy (non-hydrogen) atoms. The van der Waals surface area contributed by atoms with Gasteiger partial charge in [-0.15, -0.1) is 0 Å². The third-order valence-corrected chi connectivity index (χ3v) is 4.01. The lowest BCUT2D eigenvalue weighted by Gasteiger charge is -2.35. The number of benzene rings is 2. The van der Waals surface area contributed by atoms with E-state index in [4.69, 9.17) is 14.2 Å². The normalized spacial score (nSPS) is 17.4. The van der Waals surface area contributed by atoms with Crippen molar-refractivity contribution in [1.82, 2.24) is 0 Å². The highest BCUT2D eigenvalue weighted by atomic mass is 16.7. The minimum atomic E-state index is -0.457. The molecule has 1 aliphatic heterocycles. The van der Waals surface area contributed by atoms with Crippen molar-refractivity contribution in [2.24, 2.45) is 5.92 Å². The fourth-order valence-electron chi connectivity index (χ4n) is 2.54. The molecule has 0 atom stereocenters. The van der Waals surface area contributed by atoms with Crippen molar-refractivity contribution < 1.29 is 14.2 Å². The molecule has 1 heterocycles. The number of nitrogens with one attached hydrogen (secondary N) is 1. The van der Waals surface area contributed by atoms with Crippen LogP contribution in [0.25, 0.3) is 0 Å². The molecule has 0 aliphatic carbocycles. The lowest BCUT2D eigenvalue weighted by Crippen LogP contribution is -2.41. The van der Waals surface area contributed by atoms with Gasteiger partial charge in [0, 0.05) is 24.2 Å². The summed E-state index contributed by atoms with van der Waals surface area (Å²) in [5, 5.41) is 3.44. The van der Waals surface area contributed by atoms with Crippen molar-refractivity contribution in [2.45, 2.75) is 26.2 Å². The van der Waals surface area contributed by atoms with Crippen molar-refractivity contribution >= 4 is 5.69 Å². The van der Waals surface area contributed by atoms with Gasteiger partial charge in [-0.3, -0.25) is 0 Å². The molecule has 0 bridgehead atoms. The van der Waals surface area contributed by atoms with Crippen molar-refractivity contribution in [1.29, 1.82) is 0 Å². The van der Waals surface area contributed by atoms with Crippen molar-refractivity contribution in [3.05, 3.63) is 60.2 Å². The highest BCUT2D eigenvalue weighted by Gasteiger charge is 2.27. The molecule has 0 amide bonds. The molecule has 3 rings (SSSR count). The molecule has 0 aromatic heterocycles. The first-order valence-electron chi connectivity index (χ1n) is 8.39. The molecule has 4 nitrogen and oxygen atoms in total. The van der Waals surface area contributed by atoms with E-state index in [0.29, 0.717) is 25.7 Å². The van der Waals surface area contributed by atoms with Gasteiger partial charge in [0.15, 0.2) is 5.79 Å². The quantitative estimate of drug-likeness (QED) is 0.868. The van der Waals surface area contributed by atoms with Crippen LogP contribution in [-0.2, 0) is 16.1 Å². The maximum atomic E-state index is 5.86. The minimum absolute atomic E-state index is 0.354. The summed E-state index contributed by atoms with van der Waals surface area (Å²) in [6.45, 7) is 6.71. The van der Waals surface area contributed by atoms with Crippen molar-refractivity contribution in [3.8, 4) is 5.75 Å². The van der Waals surface area contributed by atoms with E-state index < -0.39 is 5.79 Å². The zero-order valence-electron chi connectivity index (χ0n) is 14.3. The van der Waals surface area contributed by atoms with Gasteiger partial charge in [-0.2, -0.15) is 0 Å². The van der Waals surface area contributed by atoms with E-state index in [1.54, 1.807) is 0 Å². The van der Waals surface area contributed by atoms with Gasteiger partial charge in [-0.1, -0.05) is 36.4 Å². The summed E-state index contributed by atoms with van der Waals surface area (Å²) >= 11 is 0. The van der Waals surface area contributed by atoms with Crippen LogP contribution < -0.4 is 10.1 Å². The molecule has 2 aromatic carbocycles. The Morgan fingerprint density at radius 3 is 2.54 bits per heavy atom. The first-order valence-corrected chi connectivity index (χ1v) is 8.39. The lowest BCUT2D eigenvalue weighted by molar-refractivity contribution is -0.260. The summed E-state index contributed by atoms with van der Waals surface area (Å²) in [5.41, 5.74) is 2.21. The predicted octanol–water partition coefficient (Wildman–Crippen LogP) is 4.08. The number of anilines is 1. The first kappa shape index (κ1) is 16.8. The number of rotatable bonds is 6. The molecule has 2 aromatic rings. The average molecular weight is 327 g/mol. The Morgan fingerprint density at radius 2 is 1.79 bits per heavy atom. The fourth-order valence-corrected chi connectivity index (χ4v) is 2.54. The van der Waals surface area contributed by atoms with Gasteiger partial charge >= 0.3 is 0 Å². The SMILES string of the molecule is CC1(C)OCC(CNc2cccc(OCc3ccccc3)c2)CO1. The van der Waals surface area contributed by atoms with E-state index in [0.717, 1.165) is 23.5 Å². The number of hydrogen-bond donors (Lipinski definition) is 1. The zero-order valence-corrected chi connectivity index (χ0v) is 14.3. The minimum Gasteiger partial charge on any atom is -0.489 e. The molecule has 128 valence electrons. The Hall–Kier alpha value is -2.04. The van der Waals surface area contributed by atoms with Crippen LogP contribution in [0.15, 0.2) is 54.6 Å². The second-order valence-corrected chi connectivity index (χ2v) is 6.57. The Bertz CT molecular complexity index is 632. The summed E-state index contributed by atoms with van der Waals surface area (Å²) in [4.78, 5) is 0. The first-order chi connectivity index (χ1) is 11.6. The second-order valence-electron chi connectivity index (χ2n) is 6.57. The molecular formula is C20H25NO3. The van der Waals surface area contributed by atoms with Gasteiger partial charge in [0.05, 0.1) is 13.2 Å². The van der Waals surface area contributed by atoms with Gasteiger partial charge < -0.3 is 19.5 Å². The Morgan fingerprint density at radius 1 is 1.04 bits per heavy atom. The van der Waals surface area contributed by atoms with E-state index in [9.17, 15) is 0 Å². The van der Waals surface area contributed by atoms with Crippen LogP contribution in [0, 0.1) is 5.92 Å². The molecule has 0 unspecified atom stereocenters. The monoisotopic (exact) mass is 327 g/mol. The van der Waals surface area contributed by atoms with Gasteiger partial charge in [0.1, 0.15) is 12.4 Å². The fraction of sp³-hybridized carbons (Fsp3) is 0.400. The lowest BCUT2D eigenvalue weighted by atomic mass is 10.1. The summed E-state index contributed by atoms with van der Waals surface area (Å²) in [5.74, 6) is 0.759. The van der Waals surface area contributed by atoms with E-state index in [1.807, 2.05) is 56.3 Å². The zero-order chi connectivity index (χ0) is 16.8. The largest absolute Gasteiger partial charge is 0.489 e. The third kappa shape index (κ3) is 4.98. The van der Waals surface area contributed by atoms with Crippen LogP contribution in [-0.4, -0.2) is 25.5 Å². The molecular weight excluding hydrogens is 302 g/mol. The Kier molecular flexibility index (Phi) is 5.38. The van der Waals surface area contributed by atoms with Crippen LogP contribution in [0.2, 0.25) is 0 Å². The highest BCUT2D eigenvalue weighted by molar-refractivity contribution is 5.48. The summed E-state index contributed by atoms with van der Waals surface area (Å²) < 4.78 is 17.2. The molecule has 0 spiro atoms. The maximum Gasteiger partial charge on any atom is 0.162 e. The standard InChI is InChI=1S/C20H25NO3/c1-20(2)23-14-17(15-24-20)12-21-18-9-6-10-19(11-18)22-13-16-7-4-3-5-8-16/h3-11,17,21H,12-15H2,1-2H3. The Balaban J connectivity index is 1.48. The summed E-state index contributed by atoms with van der Waals surface area (Å²) in [7, 11) is 0. The average Bonchev–Trinajstić information content (AvgIpc) is 2.60. The molecule has 1 aliphatic rings. The van der Waals surface area contributed by atoms with Crippen LogP contribution in [0.3, 0.4) is 0 Å². The van der Waals surface area contributed by atoms with Gasteiger partial charge in [-0.25, -0.2) is 0 Å². The van der Waals surface area contributed by atoms with Crippen LogP contribution in [0.5, 0.6) is 5.75 Å². The maximum absolute atomic E-state index is 5.86. The van der Waals surface area contributed by atoms with Gasteiger partial charge in [0.25, 0.3) is 0 Å². The van der Waals surface area contributed by atoms with E-state index in [2.05, 4.69) is 17.4 Å². The smallest absolute Gasteiger partial charge is 0.162 e. The third-order valence-electron chi connectivity index (χ3n) is 4.01. The number of hydrogen-bond acceptors (Lipinski definition) is 4. The van der Waals surface area contributed by atoms with Crippen molar-refractivity contribution in [2.75, 3.05) is 25.1 Å². The van der Waals surface area contributed by atoms with Gasteiger partial charge in [-0.05, 0) is 31.5 Å². The molecule has 4 heteroatoms.